The van der Waals surface area contributed by atoms with Crippen molar-refractivity contribution < 1.29 is 9.59 Å². The van der Waals surface area contributed by atoms with Crippen molar-refractivity contribution in [3.05, 3.63) is 101 Å². The van der Waals surface area contributed by atoms with Crippen molar-refractivity contribution in [2.75, 3.05) is 11.9 Å². The van der Waals surface area contributed by atoms with E-state index in [9.17, 15) is 9.59 Å². The summed E-state index contributed by atoms with van der Waals surface area (Å²) in [4.78, 5) is 38.4. The molecule has 0 radical (unpaired) electrons. The smallest absolute Gasteiger partial charge is 0.243 e. The van der Waals surface area contributed by atoms with E-state index in [4.69, 9.17) is 4.98 Å². The van der Waals surface area contributed by atoms with Gasteiger partial charge in [0, 0.05) is 30.7 Å². The van der Waals surface area contributed by atoms with E-state index in [0.29, 0.717) is 25.2 Å². The van der Waals surface area contributed by atoms with Gasteiger partial charge < -0.3 is 15.5 Å². The lowest BCUT2D eigenvalue weighted by Crippen LogP contribution is -2.54. The number of pyridine rings is 2. The third-order valence-corrected chi connectivity index (χ3v) is 9.42. The van der Waals surface area contributed by atoms with Crippen molar-refractivity contribution in [3.8, 4) is 0 Å². The topological polar surface area (TPSA) is 87.2 Å². The molecule has 0 unspecified atom stereocenters. The Hall–Kier alpha value is -4.10. The standard InChI is InChI=1S/C35H37N5O2/c41-32-13-12-27-20-29-19-24(22-37-30(29)21-28(27)11-10-26-9-6-17-36-33(26)39-32)23-40-31(25-7-2-1-3-8-25)14-18-38-35(34(40)42)15-4-5-16-35/h1-3,6-9,17,19-22,31,38H,4-5,10-16,18,23H2,(H,36,39,41)/t31-/m0/s1. The third-order valence-electron chi connectivity index (χ3n) is 9.42. The lowest BCUT2D eigenvalue weighted by atomic mass is 9.93. The number of carbonyl (C=O) groups is 2. The second-order valence-corrected chi connectivity index (χ2v) is 12.1. The average Bonchev–Trinajstić information content (AvgIpc) is 3.46. The molecule has 2 aliphatic heterocycles. The number of hydrogen-bond acceptors (Lipinski definition) is 5. The molecule has 2 aromatic heterocycles. The number of hydrogen-bond donors (Lipinski definition) is 2. The van der Waals surface area contributed by atoms with Crippen molar-refractivity contribution in [1.82, 2.24) is 20.2 Å². The Morgan fingerprint density at radius 2 is 1.64 bits per heavy atom. The normalized spacial score (nSPS) is 20.6. The fraction of sp³-hybridized carbons (Fsp3) is 0.371. The second-order valence-electron chi connectivity index (χ2n) is 12.1. The summed E-state index contributed by atoms with van der Waals surface area (Å²) in [5.41, 5.74) is 6.17. The van der Waals surface area contributed by atoms with Crippen LogP contribution in [0, 0.1) is 0 Å². The van der Waals surface area contributed by atoms with E-state index in [-0.39, 0.29) is 17.9 Å². The lowest BCUT2D eigenvalue weighted by molar-refractivity contribution is -0.140. The number of carbonyl (C=O) groups excluding carboxylic acids is 2. The summed E-state index contributed by atoms with van der Waals surface area (Å²) in [5, 5.41) is 7.72. The molecule has 2 aromatic carbocycles. The highest BCUT2D eigenvalue weighted by atomic mass is 16.2. The maximum atomic E-state index is 14.3. The quantitative estimate of drug-likeness (QED) is 0.338. The molecule has 0 bridgehead atoms. The van der Waals surface area contributed by atoms with E-state index in [1.54, 1.807) is 6.20 Å². The zero-order chi connectivity index (χ0) is 28.5. The van der Waals surface area contributed by atoms with Crippen molar-refractivity contribution in [1.29, 1.82) is 0 Å². The second kappa shape index (κ2) is 11.3. The molecular formula is C35H37N5O2. The van der Waals surface area contributed by atoms with Gasteiger partial charge in [-0.1, -0.05) is 49.2 Å². The summed E-state index contributed by atoms with van der Waals surface area (Å²) in [7, 11) is 0. The SMILES string of the molecule is O=C1CCc2cc3cc(CN4C(=O)C5(CCCC5)NCC[C@H]4c4ccccc4)cnc3cc2CCc2cccnc2N1. The minimum Gasteiger partial charge on any atom is -0.330 e. The molecule has 1 spiro atoms. The molecule has 1 saturated heterocycles. The average molecular weight is 560 g/mol. The van der Waals surface area contributed by atoms with Gasteiger partial charge in [0.05, 0.1) is 17.1 Å². The minimum atomic E-state index is -0.449. The van der Waals surface area contributed by atoms with Crippen molar-refractivity contribution >= 4 is 28.5 Å². The Balaban J connectivity index is 1.22. The zero-order valence-corrected chi connectivity index (χ0v) is 23.9. The lowest BCUT2D eigenvalue weighted by Gasteiger charge is -2.36. The van der Waals surface area contributed by atoms with E-state index in [1.807, 2.05) is 24.4 Å². The number of aryl methyl sites for hydroxylation is 3. The molecule has 2 N–H and O–H groups in total. The first-order valence-electron chi connectivity index (χ1n) is 15.3. The maximum absolute atomic E-state index is 14.3. The van der Waals surface area contributed by atoms with E-state index >= 15 is 0 Å². The van der Waals surface area contributed by atoms with E-state index in [2.05, 4.69) is 63.0 Å². The summed E-state index contributed by atoms with van der Waals surface area (Å²) in [6.07, 6.45) is 11.3. The molecule has 4 aromatic rings. The van der Waals surface area contributed by atoms with Gasteiger partial charge in [-0.3, -0.25) is 14.6 Å². The molecule has 4 heterocycles. The first kappa shape index (κ1) is 26.8. The van der Waals surface area contributed by atoms with Crippen LogP contribution in [0.25, 0.3) is 10.9 Å². The molecule has 2 amide bonds. The Morgan fingerprint density at radius 1 is 0.857 bits per heavy atom. The van der Waals surface area contributed by atoms with Crippen LogP contribution in [0.2, 0.25) is 0 Å². The van der Waals surface area contributed by atoms with E-state index in [1.165, 1.54) is 16.7 Å². The number of benzene rings is 2. The first-order chi connectivity index (χ1) is 20.6. The Bertz CT molecular complexity index is 1630. The number of aromatic nitrogens is 2. The van der Waals surface area contributed by atoms with Gasteiger partial charge in [0.15, 0.2) is 0 Å². The van der Waals surface area contributed by atoms with Crippen molar-refractivity contribution in [3.63, 3.8) is 0 Å². The fourth-order valence-electron chi connectivity index (χ4n) is 7.19. The van der Waals surface area contributed by atoms with Crippen LogP contribution in [0.4, 0.5) is 5.82 Å². The number of rotatable bonds is 3. The predicted octanol–water partition coefficient (Wildman–Crippen LogP) is 5.68. The molecule has 3 aliphatic rings. The molecular weight excluding hydrogens is 522 g/mol. The number of fused-ring (bicyclic) bond motifs is 3. The highest BCUT2D eigenvalue weighted by Gasteiger charge is 2.46. The minimum absolute atomic E-state index is 0.0150. The summed E-state index contributed by atoms with van der Waals surface area (Å²) in [6.45, 7) is 1.35. The number of nitrogens with one attached hydrogen (secondary N) is 2. The van der Waals surface area contributed by atoms with Crippen LogP contribution in [0.5, 0.6) is 0 Å². The van der Waals surface area contributed by atoms with Crippen LogP contribution in [0.15, 0.2) is 73.1 Å². The van der Waals surface area contributed by atoms with Gasteiger partial charge in [0.2, 0.25) is 11.8 Å². The van der Waals surface area contributed by atoms with Crippen LogP contribution in [-0.2, 0) is 35.4 Å². The Kier molecular flexibility index (Phi) is 7.20. The van der Waals surface area contributed by atoms with Crippen LogP contribution in [0.1, 0.15) is 72.4 Å². The van der Waals surface area contributed by atoms with Gasteiger partial charge in [-0.2, -0.15) is 0 Å². The molecule has 1 saturated carbocycles. The molecule has 7 nitrogen and oxygen atoms in total. The van der Waals surface area contributed by atoms with Gasteiger partial charge in [0.1, 0.15) is 5.82 Å². The van der Waals surface area contributed by atoms with Crippen molar-refractivity contribution in [2.45, 2.75) is 75.9 Å². The number of anilines is 1. The van der Waals surface area contributed by atoms with Gasteiger partial charge in [0.25, 0.3) is 0 Å². The maximum Gasteiger partial charge on any atom is 0.243 e. The highest BCUT2D eigenvalue weighted by molar-refractivity contribution is 5.91. The molecule has 1 aliphatic carbocycles. The van der Waals surface area contributed by atoms with Gasteiger partial charge in [-0.05, 0) is 97.2 Å². The summed E-state index contributed by atoms with van der Waals surface area (Å²) < 4.78 is 0. The van der Waals surface area contributed by atoms with Crippen LogP contribution >= 0.6 is 0 Å². The summed E-state index contributed by atoms with van der Waals surface area (Å²) in [5.74, 6) is 0.870. The van der Waals surface area contributed by atoms with Crippen molar-refractivity contribution in [2.24, 2.45) is 0 Å². The highest BCUT2D eigenvalue weighted by Crippen LogP contribution is 2.38. The molecule has 42 heavy (non-hydrogen) atoms. The molecule has 1 atom stereocenters. The monoisotopic (exact) mass is 559 g/mol. The van der Waals surface area contributed by atoms with Crippen LogP contribution in [0.3, 0.4) is 0 Å². The zero-order valence-electron chi connectivity index (χ0n) is 23.9. The summed E-state index contributed by atoms with van der Waals surface area (Å²) >= 11 is 0. The van der Waals surface area contributed by atoms with Gasteiger partial charge >= 0.3 is 0 Å². The predicted molar refractivity (Wildman–Crippen MR) is 164 cm³/mol. The molecule has 7 rings (SSSR count). The molecule has 214 valence electrons. The Labute approximate surface area is 246 Å². The molecule has 7 heteroatoms. The van der Waals surface area contributed by atoms with Gasteiger partial charge in [-0.15, -0.1) is 0 Å². The third kappa shape index (κ3) is 5.18. The van der Waals surface area contributed by atoms with Gasteiger partial charge in [-0.25, -0.2) is 4.98 Å². The largest absolute Gasteiger partial charge is 0.330 e. The first-order valence-corrected chi connectivity index (χ1v) is 15.3. The molecule has 2 fully saturated rings. The number of nitrogens with zero attached hydrogens (tertiary/aromatic N) is 3. The van der Waals surface area contributed by atoms with E-state index in [0.717, 1.165) is 73.5 Å². The Morgan fingerprint density at radius 3 is 2.50 bits per heavy atom. The fourth-order valence-corrected chi connectivity index (χ4v) is 7.19. The van der Waals surface area contributed by atoms with E-state index < -0.39 is 5.54 Å². The van der Waals surface area contributed by atoms with Crippen LogP contribution in [-0.4, -0.2) is 38.8 Å². The number of amides is 2. The summed E-state index contributed by atoms with van der Waals surface area (Å²) in [6, 6.07) is 21.0. The van der Waals surface area contributed by atoms with Crippen LogP contribution < -0.4 is 10.6 Å².